The van der Waals surface area contributed by atoms with Crippen molar-refractivity contribution in [2.24, 2.45) is 0 Å². The number of thiazole rings is 1. The highest BCUT2D eigenvalue weighted by Crippen LogP contribution is 2.23. The van der Waals surface area contributed by atoms with E-state index in [1.54, 1.807) is 24.4 Å². The largest absolute Gasteiger partial charge is 0.398 e. The molecule has 1 unspecified atom stereocenters. The van der Waals surface area contributed by atoms with Gasteiger partial charge in [-0.2, -0.15) is 0 Å². The number of hydrogen-bond donors (Lipinski definition) is 1. The van der Waals surface area contributed by atoms with Crippen LogP contribution in [0, 0.1) is 0 Å². The average Bonchev–Trinajstić information content (AvgIpc) is 2.70. The van der Waals surface area contributed by atoms with Crippen molar-refractivity contribution >= 4 is 39.4 Å². The maximum atomic E-state index is 12.0. The summed E-state index contributed by atoms with van der Waals surface area (Å²) in [6, 6.07) is 4.99. The number of nitrogens with zero attached hydrogens (tertiary/aromatic N) is 1. The molecule has 0 aliphatic heterocycles. The Hall–Kier alpha value is -0.910. The molecule has 84 valence electrons. The summed E-state index contributed by atoms with van der Waals surface area (Å²) in [6.07, 6.45) is 1.70. The fourth-order valence-corrected chi connectivity index (χ4v) is 3.41. The minimum Gasteiger partial charge on any atom is -0.398 e. The van der Waals surface area contributed by atoms with Crippen LogP contribution in [0.2, 0.25) is 5.02 Å². The maximum absolute atomic E-state index is 12.0. The van der Waals surface area contributed by atoms with Gasteiger partial charge < -0.3 is 5.73 Å². The van der Waals surface area contributed by atoms with Gasteiger partial charge in [0.1, 0.15) is 5.01 Å². The molecule has 2 aromatic rings. The molecular weight excluding hydrogens is 264 g/mol. The van der Waals surface area contributed by atoms with Gasteiger partial charge in [-0.25, -0.2) is 4.98 Å². The number of aromatic nitrogens is 1. The van der Waals surface area contributed by atoms with Crippen molar-refractivity contribution in [3.05, 3.63) is 39.8 Å². The normalized spacial score (nSPS) is 12.6. The van der Waals surface area contributed by atoms with E-state index in [1.165, 1.54) is 11.3 Å². The molecule has 0 amide bonds. The summed E-state index contributed by atoms with van der Waals surface area (Å²) in [6.45, 7) is 0. The molecule has 0 spiro atoms. The lowest BCUT2D eigenvalue weighted by atomic mass is 10.3. The number of rotatable bonds is 3. The molecule has 0 fully saturated rings. The molecule has 0 aliphatic carbocycles. The van der Waals surface area contributed by atoms with Crippen LogP contribution in [-0.2, 0) is 16.6 Å². The summed E-state index contributed by atoms with van der Waals surface area (Å²) in [4.78, 5) is 4.70. The first kappa shape index (κ1) is 11.6. The van der Waals surface area contributed by atoms with E-state index in [4.69, 9.17) is 17.3 Å². The Balaban J connectivity index is 2.21. The topological polar surface area (TPSA) is 56.0 Å². The molecule has 0 radical (unpaired) electrons. The smallest absolute Gasteiger partial charge is 0.105 e. The zero-order valence-electron chi connectivity index (χ0n) is 8.22. The molecule has 3 nitrogen and oxygen atoms in total. The van der Waals surface area contributed by atoms with Gasteiger partial charge >= 0.3 is 0 Å². The van der Waals surface area contributed by atoms with Crippen molar-refractivity contribution in [1.29, 1.82) is 0 Å². The minimum absolute atomic E-state index is 0.392. The van der Waals surface area contributed by atoms with E-state index < -0.39 is 10.8 Å². The Bertz CT molecular complexity index is 514. The Morgan fingerprint density at radius 2 is 2.31 bits per heavy atom. The summed E-state index contributed by atoms with van der Waals surface area (Å²) in [5.41, 5.74) is 6.22. The predicted molar refractivity (Wildman–Crippen MR) is 68.1 cm³/mol. The first-order valence-electron chi connectivity index (χ1n) is 4.48. The zero-order valence-corrected chi connectivity index (χ0v) is 10.6. The van der Waals surface area contributed by atoms with Gasteiger partial charge in [0, 0.05) is 22.3 Å². The third-order valence-electron chi connectivity index (χ3n) is 1.96. The molecule has 2 rings (SSSR count). The van der Waals surface area contributed by atoms with Crippen LogP contribution in [0.4, 0.5) is 5.69 Å². The van der Waals surface area contributed by atoms with Gasteiger partial charge in [-0.1, -0.05) is 11.6 Å². The van der Waals surface area contributed by atoms with Crippen molar-refractivity contribution in [2.45, 2.75) is 10.6 Å². The highest BCUT2D eigenvalue weighted by molar-refractivity contribution is 7.84. The van der Waals surface area contributed by atoms with E-state index in [2.05, 4.69) is 4.98 Å². The molecule has 2 N–H and O–H groups in total. The fraction of sp³-hybridized carbons (Fsp3) is 0.100. The van der Waals surface area contributed by atoms with Gasteiger partial charge in [-0.15, -0.1) is 11.3 Å². The first-order valence-corrected chi connectivity index (χ1v) is 7.06. The van der Waals surface area contributed by atoms with Gasteiger partial charge in [0.15, 0.2) is 0 Å². The molecule has 6 heteroatoms. The van der Waals surface area contributed by atoms with Gasteiger partial charge in [-0.05, 0) is 18.2 Å². The molecule has 1 aromatic heterocycles. The van der Waals surface area contributed by atoms with E-state index in [0.29, 0.717) is 21.4 Å². The maximum Gasteiger partial charge on any atom is 0.105 e. The molecule has 16 heavy (non-hydrogen) atoms. The Labute approximate surface area is 105 Å². The molecular formula is C10H9ClN2OS2. The predicted octanol–water partition coefficient (Wildman–Crippen LogP) is 2.69. The Morgan fingerprint density at radius 1 is 1.50 bits per heavy atom. The van der Waals surface area contributed by atoms with Crippen LogP contribution < -0.4 is 5.73 Å². The van der Waals surface area contributed by atoms with Crippen LogP contribution in [0.1, 0.15) is 5.01 Å². The second-order valence-electron chi connectivity index (χ2n) is 3.10. The van der Waals surface area contributed by atoms with Crippen LogP contribution in [0.15, 0.2) is 34.7 Å². The van der Waals surface area contributed by atoms with Crippen molar-refractivity contribution in [3.63, 3.8) is 0 Å². The standard InChI is InChI=1S/C10H9ClN2OS2/c11-7-1-2-9(8(12)5-7)16(14)6-10-13-3-4-15-10/h1-5H,6,12H2. The van der Waals surface area contributed by atoms with E-state index in [0.717, 1.165) is 5.01 Å². The second kappa shape index (κ2) is 4.95. The van der Waals surface area contributed by atoms with Crippen molar-refractivity contribution in [3.8, 4) is 0 Å². The van der Waals surface area contributed by atoms with Crippen LogP contribution in [0.25, 0.3) is 0 Å². The highest BCUT2D eigenvalue weighted by atomic mass is 35.5. The fourth-order valence-electron chi connectivity index (χ4n) is 1.24. The minimum atomic E-state index is -1.17. The number of halogens is 1. The van der Waals surface area contributed by atoms with Crippen molar-refractivity contribution in [2.75, 3.05) is 5.73 Å². The molecule has 1 aromatic carbocycles. The third-order valence-corrected chi connectivity index (χ3v) is 4.55. The average molecular weight is 273 g/mol. The Kier molecular flexibility index (Phi) is 3.58. The van der Waals surface area contributed by atoms with Crippen LogP contribution >= 0.6 is 22.9 Å². The summed E-state index contributed by atoms with van der Waals surface area (Å²) in [5.74, 6) is 0.392. The van der Waals surface area contributed by atoms with Gasteiger partial charge in [0.2, 0.25) is 0 Å². The molecule has 0 saturated heterocycles. The monoisotopic (exact) mass is 272 g/mol. The quantitative estimate of drug-likeness (QED) is 0.874. The van der Waals surface area contributed by atoms with E-state index in [-0.39, 0.29) is 0 Å². The van der Waals surface area contributed by atoms with Gasteiger partial charge in [0.05, 0.1) is 21.4 Å². The SMILES string of the molecule is Nc1cc(Cl)ccc1S(=O)Cc1nccs1. The molecule has 0 aliphatic rings. The zero-order chi connectivity index (χ0) is 11.5. The van der Waals surface area contributed by atoms with Gasteiger partial charge in [0.25, 0.3) is 0 Å². The van der Waals surface area contributed by atoms with Crippen LogP contribution in [0.5, 0.6) is 0 Å². The first-order chi connectivity index (χ1) is 7.66. The summed E-state index contributed by atoms with van der Waals surface area (Å²) >= 11 is 7.26. The van der Waals surface area contributed by atoms with Crippen molar-refractivity contribution in [1.82, 2.24) is 4.98 Å². The lowest BCUT2D eigenvalue weighted by molar-refractivity contribution is 0.683. The summed E-state index contributed by atoms with van der Waals surface area (Å²) in [5, 5.41) is 3.25. The van der Waals surface area contributed by atoms with E-state index in [9.17, 15) is 4.21 Å². The third kappa shape index (κ3) is 2.61. The van der Waals surface area contributed by atoms with Gasteiger partial charge in [-0.3, -0.25) is 4.21 Å². The molecule has 1 heterocycles. The lowest BCUT2D eigenvalue weighted by Crippen LogP contribution is -2.00. The number of nitrogens with two attached hydrogens (primary N) is 1. The molecule has 0 bridgehead atoms. The number of benzene rings is 1. The number of nitrogen functional groups attached to an aromatic ring is 1. The molecule has 1 atom stereocenters. The van der Waals surface area contributed by atoms with Crippen LogP contribution in [0.3, 0.4) is 0 Å². The Morgan fingerprint density at radius 3 is 2.94 bits per heavy atom. The molecule has 0 saturated carbocycles. The lowest BCUT2D eigenvalue weighted by Gasteiger charge is -2.04. The number of anilines is 1. The van der Waals surface area contributed by atoms with E-state index >= 15 is 0 Å². The van der Waals surface area contributed by atoms with Crippen molar-refractivity contribution < 1.29 is 4.21 Å². The van der Waals surface area contributed by atoms with Crippen LogP contribution in [-0.4, -0.2) is 9.19 Å². The van der Waals surface area contributed by atoms with E-state index in [1.807, 2.05) is 5.38 Å². The second-order valence-corrected chi connectivity index (χ2v) is 5.93. The summed E-state index contributed by atoms with van der Waals surface area (Å²) < 4.78 is 12.0. The highest BCUT2D eigenvalue weighted by Gasteiger charge is 2.10. The summed E-state index contributed by atoms with van der Waals surface area (Å²) in [7, 11) is -1.17. The number of hydrogen-bond acceptors (Lipinski definition) is 4.